The van der Waals surface area contributed by atoms with E-state index >= 15 is 0 Å². The molecule has 0 spiro atoms. The third-order valence-electron chi connectivity index (χ3n) is 21.4. The summed E-state index contributed by atoms with van der Waals surface area (Å²) in [6.07, 6.45) is 9.94. The predicted octanol–water partition coefficient (Wildman–Crippen LogP) is 21.1. The van der Waals surface area contributed by atoms with Crippen molar-refractivity contribution in [2.24, 2.45) is 0 Å². The molecule has 8 heterocycles. The second kappa shape index (κ2) is 24.8. The van der Waals surface area contributed by atoms with Gasteiger partial charge in [-0.25, -0.2) is 54.8 Å². The summed E-state index contributed by atoms with van der Waals surface area (Å²) in [4.78, 5) is 53.9. The normalized spacial score (nSPS) is 13.0. The van der Waals surface area contributed by atoms with Gasteiger partial charge in [-0.05, 0) is 146 Å². The Balaban J connectivity index is 0.000000142. The maximum absolute atomic E-state index is 5.60. The molecule has 21 rings (SSSR count). The summed E-state index contributed by atoms with van der Waals surface area (Å²) in [6, 6.07) is 98.4. The van der Waals surface area contributed by atoms with Crippen LogP contribution in [0.5, 0.6) is 0 Å². The van der Waals surface area contributed by atoms with Crippen molar-refractivity contribution in [3.05, 3.63) is 339 Å². The largest absolute Gasteiger partial charge is 0.277 e. The van der Waals surface area contributed by atoms with Crippen molar-refractivity contribution in [1.82, 2.24) is 68.5 Å². The summed E-state index contributed by atoms with van der Waals surface area (Å²) >= 11 is 0. The number of benzene rings is 11. The van der Waals surface area contributed by atoms with E-state index in [0.29, 0.717) is 51.2 Å². The van der Waals surface area contributed by atoms with Crippen molar-refractivity contribution in [2.75, 3.05) is 0 Å². The molecule has 0 amide bonds. The lowest BCUT2D eigenvalue weighted by Gasteiger charge is -2.22. The first-order chi connectivity index (χ1) is 52.6. The Morgan fingerprint density at radius 1 is 0.271 bits per heavy atom. The highest BCUT2D eigenvalue weighted by Crippen LogP contribution is 2.52. The van der Waals surface area contributed by atoms with Crippen molar-refractivity contribution < 1.29 is 0 Å². The third-order valence-corrected chi connectivity index (χ3v) is 21.4. The van der Waals surface area contributed by atoms with Crippen LogP contribution < -0.4 is 0 Å². The molecule has 0 N–H and O–H groups in total. The molecule has 2 aliphatic carbocycles. The number of fused-ring (bicyclic) bond motifs is 12. The van der Waals surface area contributed by atoms with Gasteiger partial charge in [0.05, 0.1) is 28.6 Å². The van der Waals surface area contributed by atoms with Gasteiger partial charge in [-0.2, -0.15) is 0 Å². The first kappa shape index (κ1) is 62.7. The number of imidazole rings is 3. The molecular formula is C93H64N14. The molecule has 0 saturated carbocycles. The van der Waals surface area contributed by atoms with Gasteiger partial charge in [0.25, 0.3) is 0 Å². The zero-order valence-corrected chi connectivity index (χ0v) is 58.8. The molecule has 0 radical (unpaired) electrons. The molecule has 11 aromatic carbocycles. The fourth-order valence-electron chi connectivity index (χ4n) is 16.2. The van der Waals surface area contributed by atoms with E-state index in [4.69, 9.17) is 34.9 Å². The molecule has 2 aliphatic rings. The maximum Gasteiger partial charge on any atom is 0.198 e. The number of para-hydroxylation sites is 3. The Hall–Kier alpha value is -14.1. The van der Waals surface area contributed by atoms with Crippen LogP contribution in [0.2, 0.25) is 0 Å². The highest BCUT2D eigenvalue weighted by Gasteiger charge is 2.37. The number of aromatic nitrogens is 14. The number of hydrogen-bond donors (Lipinski definition) is 0. The van der Waals surface area contributed by atoms with Crippen LogP contribution in [0.4, 0.5) is 0 Å². The fraction of sp³-hybridized carbons (Fsp3) is 0.0645. The quantitative estimate of drug-likeness (QED) is 0.120. The summed E-state index contributed by atoms with van der Waals surface area (Å²) in [6.45, 7) is 9.36. The molecule has 506 valence electrons. The minimum Gasteiger partial charge on any atom is -0.277 e. The molecule has 107 heavy (non-hydrogen) atoms. The molecule has 0 saturated heterocycles. The Kier molecular flexibility index (Phi) is 14.5. The van der Waals surface area contributed by atoms with Gasteiger partial charge in [-0.15, -0.1) is 0 Å². The number of nitrogens with zero attached hydrogens (tertiary/aromatic N) is 14. The van der Waals surface area contributed by atoms with Crippen LogP contribution in [0.1, 0.15) is 49.9 Å². The molecule has 8 aromatic heterocycles. The first-order valence-corrected chi connectivity index (χ1v) is 35.9. The minimum absolute atomic E-state index is 0.111. The lowest BCUT2D eigenvalue weighted by molar-refractivity contribution is 0.660. The Morgan fingerprint density at radius 3 is 1.08 bits per heavy atom. The van der Waals surface area contributed by atoms with Crippen molar-refractivity contribution >= 4 is 55.6 Å². The van der Waals surface area contributed by atoms with Crippen LogP contribution in [0, 0.1) is 0 Å². The maximum atomic E-state index is 5.60. The minimum atomic E-state index is -0.111. The van der Waals surface area contributed by atoms with Crippen LogP contribution in [-0.4, -0.2) is 68.5 Å². The second-order valence-corrected chi connectivity index (χ2v) is 28.3. The van der Waals surface area contributed by atoms with Gasteiger partial charge in [0, 0.05) is 91.3 Å². The van der Waals surface area contributed by atoms with E-state index < -0.39 is 0 Å². The first-order valence-electron chi connectivity index (χ1n) is 35.9. The number of rotatable bonds is 10. The molecule has 14 heteroatoms. The van der Waals surface area contributed by atoms with Crippen molar-refractivity contribution in [3.63, 3.8) is 0 Å². The van der Waals surface area contributed by atoms with Gasteiger partial charge in [-0.3, -0.25) is 13.7 Å². The van der Waals surface area contributed by atoms with E-state index in [1.165, 1.54) is 44.5 Å². The molecule has 0 unspecified atom stereocenters. The topological polar surface area (TPSA) is 157 Å². The monoisotopic (exact) mass is 1380 g/mol. The van der Waals surface area contributed by atoms with Gasteiger partial charge in [-0.1, -0.05) is 228 Å². The number of pyridine rings is 2. The van der Waals surface area contributed by atoms with Gasteiger partial charge in [0.1, 0.15) is 29.3 Å². The highest BCUT2D eigenvalue weighted by molar-refractivity contribution is 6.13. The van der Waals surface area contributed by atoms with Gasteiger partial charge in [0.15, 0.2) is 28.2 Å². The SMILES string of the molecule is CC1(C)c2ccccc2-c2ccc(-c3cc(-c4ccccc4)c4ccc5c(-c6ccccc6)cc(-c6ccc7c(c6)C(C)(C)c6ccccc6-7)nc5c4n3)cc21.c1ccc(-n2c(-c3cc(-c4nc5nccnc5n4-c4ccccc4)cc(-c4nc5nccnc5n4-c4ccccc4)c3)nc3cncnc32)cc1. The molecule has 0 fully saturated rings. The summed E-state index contributed by atoms with van der Waals surface area (Å²) in [5.41, 5.74) is 29.9. The molecule has 19 aromatic rings. The molecule has 0 aliphatic heterocycles. The van der Waals surface area contributed by atoms with E-state index in [-0.39, 0.29) is 10.8 Å². The van der Waals surface area contributed by atoms with Crippen LogP contribution in [0.3, 0.4) is 0 Å². The second-order valence-electron chi connectivity index (χ2n) is 28.3. The van der Waals surface area contributed by atoms with E-state index in [2.05, 4.69) is 236 Å². The van der Waals surface area contributed by atoms with Crippen LogP contribution in [0.15, 0.2) is 316 Å². The van der Waals surface area contributed by atoms with Gasteiger partial charge < -0.3 is 0 Å². The zero-order chi connectivity index (χ0) is 71.5. The van der Waals surface area contributed by atoms with Crippen LogP contribution in [-0.2, 0) is 10.8 Å². The Bertz CT molecular complexity index is 6210. The lowest BCUT2D eigenvalue weighted by Crippen LogP contribution is -2.15. The summed E-state index contributed by atoms with van der Waals surface area (Å²) in [7, 11) is 0. The average Bonchev–Trinajstić information content (AvgIpc) is 1.70. The highest BCUT2D eigenvalue weighted by atomic mass is 15.2. The Morgan fingerprint density at radius 2 is 0.645 bits per heavy atom. The molecule has 0 bridgehead atoms. The van der Waals surface area contributed by atoms with Crippen molar-refractivity contribution in [3.8, 4) is 118 Å². The van der Waals surface area contributed by atoms with Gasteiger partial charge >= 0.3 is 0 Å². The number of hydrogen-bond acceptors (Lipinski definition) is 11. The lowest BCUT2D eigenvalue weighted by atomic mass is 9.81. The standard InChI is InChI=1S/C54H40N2.C39H24N12/c1-53(2)45-21-13-11-19-37(45)39-25-23-35(29-47(39)53)49-31-43(33-15-7-5-8-16-33)41-27-28-42-44(34-17-9-6-10-18-34)32-50(56-52(42)51(41)55-49)36-24-26-40-38-20-12-14-22-46(38)54(3,4)48(40)30-36;1-4-10-28(11-5-1)49-34(46-31-23-40-24-45-37(31)49)25-20-26(35-47-32-38(43-18-16-41-32)50(35)29-12-6-2-7-13-29)22-27(21-25)36-48-33-39(44-19-17-42-33)51(36)30-14-8-3-9-15-30/h5-32H,1-4H3;1-24H. The van der Waals surface area contributed by atoms with E-state index in [9.17, 15) is 0 Å². The Labute approximate surface area is 615 Å². The summed E-state index contributed by atoms with van der Waals surface area (Å²) in [5, 5.41) is 2.19. The molecular weight excluding hydrogens is 1310 g/mol. The van der Waals surface area contributed by atoms with E-state index in [1.54, 1.807) is 37.3 Å². The summed E-state index contributed by atoms with van der Waals surface area (Å²) in [5.74, 6) is 2.00. The van der Waals surface area contributed by atoms with Gasteiger partial charge in [0.2, 0.25) is 0 Å². The average molecular weight is 1380 g/mol. The van der Waals surface area contributed by atoms with E-state index in [1.807, 2.05) is 105 Å². The molecule has 0 atom stereocenters. The van der Waals surface area contributed by atoms with E-state index in [0.717, 1.165) is 100 Å². The fourth-order valence-corrected chi connectivity index (χ4v) is 16.2. The van der Waals surface area contributed by atoms with Crippen LogP contribution in [0.25, 0.3) is 174 Å². The van der Waals surface area contributed by atoms with Crippen LogP contribution >= 0.6 is 0 Å². The third kappa shape index (κ3) is 10.3. The molecule has 14 nitrogen and oxygen atoms in total. The smallest absolute Gasteiger partial charge is 0.198 e. The van der Waals surface area contributed by atoms with Crippen molar-refractivity contribution in [2.45, 2.75) is 38.5 Å². The summed E-state index contributed by atoms with van der Waals surface area (Å²) < 4.78 is 6.10. The van der Waals surface area contributed by atoms with Crippen molar-refractivity contribution in [1.29, 1.82) is 0 Å². The zero-order valence-electron chi connectivity index (χ0n) is 58.8. The predicted molar refractivity (Wildman–Crippen MR) is 427 cm³/mol.